The van der Waals surface area contributed by atoms with E-state index >= 15 is 0 Å². The number of ether oxygens (including phenoxy) is 1. The zero-order chi connectivity index (χ0) is 17.2. The molecule has 0 bridgehead atoms. The highest BCUT2D eigenvalue weighted by atomic mass is 16.5. The minimum atomic E-state index is -0.506. The zero-order valence-electron chi connectivity index (χ0n) is 15.3. The third-order valence-corrected chi connectivity index (χ3v) is 4.93. The van der Waals surface area contributed by atoms with Crippen molar-refractivity contribution in [3.63, 3.8) is 0 Å². The minimum absolute atomic E-state index is 0.506. The third-order valence-electron chi connectivity index (χ3n) is 4.93. The first kappa shape index (κ1) is 18.9. The number of hydrogen-bond donors (Lipinski definition) is 1. The molecule has 0 aromatic heterocycles. The number of rotatable bonds is 7. The molecular weight excluding hydrogens is 296 g/mol. The van der Waals surface area contributed by atoms with E-state index in [2.05, 4.69) is 25.7 Å². The summed E-state index contributed by atoms with van der Waals surface area (Å²) in [5, 5.41) is 10.2. The lowest BCUT2D eigenvalue weighted by molar-refractivity contribution is 0.162. The second-order valence-electron chi connectivity index (χ2n) is 7.07. The Hall–Kier alpha value is -1.46. The Kier molecular flexibility index (Phi) is 8.19. The molecule has 2 heteroatoms. The van der Waals surface area contributed by atoms with Crippen LogP contribution in [0.15, 0.2) is 24.3 Å². The quantitative estimate of drug-likeness (QED) is 0.698. The summed E-state index contributed by atoms with van der Waals surface area (Å²) in [7, 11) is 0. The van der Waals surface area contributed by atoms with Crippen LogP contribution in [0.25, 0.3) is 0 Å². The summed E-state index contributed by atoms with van der Waals surface area (Å²) in [5.41, 5.74) is 0.935. The van der Waals surface area contributed by atoms with Gasteiger partial charge in [0.25, 0.3) is 0 Å². The molecule has 132 valence electrons. The zero-order valence-corrected chi connectivity index (χ0v) is 15.3. The molecule has 0 aliphatic heterocycles. The van der Waals surface area contributed by atoms with Gasteiger partial charge in [-0.2, -0.15) is 0 Å². The number of aliphatic hydroxyl groups is 1. The topological polar surface area (TPSA) is 29.5 Å². The maximum absolute atomic E-state index is 10.2. The van der Waals surface area contributed by atoms with Gasteiger partial charge in [0.05, 0.1) is 6.61 Å². The second kappa shape index (κ2) is 10.4. The van der Waals surface area contributed by atoms with E-state index in [0.717, 1.165) is 36.7 Å². The predicted molar refractivity (Wildman–Crippen MR) is 100 cm³/mol. The lowest BCUT2D eigenvalue weighted by Gasteiger charge is -2.28. The van der Waals surface area contributed by atoms with Crippen molar-refractivity contribution >= 4 is 0 Å². The van der Waals surface area contributed by atoms with Crippen LogP contribution < -0.4 is 4.74 Å². The number of benzene rings is 1. The lowest BCUT2D eigenvalue weighted by atomic mass is 9.78. The Morgan fingerprint density at radius 1 is 1.04 bits per heavy atom. The van der Waals surface area contributed by atoms with Crippen molar-refractivity contribution in [1.82, 2.24) is 0 Å². The van der Waals surface area contributed by atoms with Crippen molar-refractivity contribution in [2.45, 2.75) is 71.3 Å². The summed E-state index contributed by atoms with van der Waals surface area (Å²) in [5.74, 6) is 8.55. The van der Waals surface area contributed by atoms with E-state index in [4.69, 9.17) is 4.74 Å². The molecule has 1 aliphatic rings. The van der Waals surface area contributed by atoms with Gasteiger partial charge in [0.2, 0.25) is 0 Å². The maximum atomic E-state index is 10.2. The standard InChI is InChI=1S/C22H32O2/c1-3-5-18-6-8-20(9-7-18)17-21(23)13-10-19-11-14-22(15-12-19)24-16-4-2/h11-12,14-15,18,20-21,23H,3-9,16-17H2,1-2H3. The molecule has 2 nitrogen and oxygen atoms in total. The Bertz CT molecular complexity index is 515. The molecular formula is C22H32O2. The van der Waals surface area contributed by atoms with E-state index in [1.54, 1.807) is 0 Å². The number of hydrogen-bond acceptors (Lipinski definition) is 2. The average Bonchev–Trinajstić information content (AvgIpc) is 2.61. The van der Waals surface area contributed by atoms with Gasteiger partial charge < -0.3 is 9.84 Å². The first-order valence-electron chi connectivity index (χ1n) is 9.63. The van der Waals surface area contributed by atoms with Gasteiger partial charge >= 0.3 is 0 Å². The molecule has 1 atom stereocenters. The normalized spacial score (nSPS) is 21.6. The van der Waals surface area contributed by atoms with Crippen molar-refractivity contribution < 1.29 is 9.84 Å². The van der Waals surface area contributed by atoms with Crippen LogP contribution in [-0.2, 0) is 0 Å². The van der Waals surface area contributed by atoms with Crippen LogP contribution in [-0.4, -0.2) is 17.8 Å². The Labute approximate surface area is 147 Å². The predicted octanol–water partition coefficient (Wildman–Crippen LogP) is 5.18. The van der Waals surface area contributed by atoms with Crippen LogP contribution in [0.3, 0.4) is 0 Å². The monoisotopic (exact) mass is 328 g/mol. The summed E-state index contributed by atoms with van der Waals surface area (Å²) in [6.45, 7) is 5.11. The molecule has 2 rings (SSSR count). The summed E-state index contributed by atoms with van der Waals surface area (Å²) >= 11 is 0. The van der Waals surface area contributed by atoms with Gasteiger partial charge in [0.15, 0.2) is 0 Å². The summed E-state index contributed by atoms with van der Waals surface area (Å²) < 4.78 is 5.56. The van der Waals surface area contributed by atoms with Crippen LogP contribution in [0, 0.1) is 23.7 Å². The number of aliphatic hydroxyl groups excluding tert-OH is 1. The van der Waals surface area contributed by atoms with Crippen molar-refractivity contribution in [2.75, 3.05) is 6.61 Å². The molecule has 0 saturated heterocycles. The maximum Gasteiger partial charge on any atom is 0.119 e. The molecule has 1 N–H and O–H groups in total. The molecule has 0 amide bonds. The highest BCUT2D eigenvalue weighted by molar-refractivity contribution is 5.38. The molecule has 0 spiro atoms. The minimum Gasteiger partial charge on any atom is -0.494 e. The largest absolute Gasteiger partial charge is 0.494 e. The molecule has 0 radical (unpaired) electrons. The van der Waals surface area contributed by atoms with Gasteiger partial charge in [0.1, 0.15) is 11.9 Å². The van der Waals surface area contributed by atoms with Gasteiger partial charge in [-0.25, -0.2) is 0 Å². The molecule has 1 aromatic carbocycles. The van der Waals surface area contributed by atoms with Gasteiger partial charge in [-0.05, 0) is 48.9 Å². The van der Waals surface area contributed by atoms with Crippen LogP contribution in [0.4, 0.5) is 0 Å². The van der Waals surface area contributed by atoms with E-state index < -0.39 is 6.10 Å². The van der Waals surface area contributed by atoms with Crippen LogP contribution >= 0.6 is 0 Å². The van der Waals surface area contributed by atoms with Gasteiger partial charge in [-0.1, -0.05) is 64.2 Å². The Balaban J connectivity index is 1.76. The van der Waals surface area contributed by atoms with E-state index in [1.807, 2.05) is 24.3 Å². The fourth-order valence-corrected chi connectivity index (χ4v) is 3.56. The van der Waals surface area contributed by atoms with Crippen molar-refractivity contribution in [3.8, 4) is 17.6 Å². The smallest absolute Gasteiger partial charge is 0.119 e. The Morgan fingerprint density at radius 2 is 1.71 bits per heavy atom. The Morgan fingerprint density at radius 3 is 2.33 bits per heavy atom. The van der Waals surface area contributed by atoms with Gasteiger partial charge in [-0.15, -0.1) is 0 Å². The van der Waals surface area contributed by atoms with Crippen molar-refractivity contribution in [3.05, 3.63) is 29.8 Å². The molecule has 1 aliphatic carbocycles. The highest BCUT2D eigenvalue weighted by Crippen LogP contribution is 2.33. The molecule has 0 heterocycles. The van der Waals surface area contributed by atoms with E-state index in [0.29, 0.717) is 5.92 Å². The molecule has 1 saturated carbocycles. The van der Waals surface area contributed by atoms with Gasteiger partial charge in [-0.3, -0.25) is 0 Å². The summed E-state index contributed by atoms with van der Waals surface area (Å²) in [6.07, 6.45) is 9.17. The molecule has 1 unspecified atom stereocenters. The first-order chi connectivity index (χ1) is 11.7. The summed E-state index contributed by atoms with van der Waals surface area (Å²) in [4.78, 5) is 0. The van der Waals surface area contributed by atoms with Crippen molar-refractivity contribution in [1.29, 1.82) is 0 Å². The van der Waals surface area contributed by atoms with Crippen LogP contribution in [0.2, 0.25) is 0 Å². The fourth-order valence-electron chi connectivity index (χ4n) is 3.56. The lowest BCUT2D eigenvalue weighted by Crippen LogP contribution is -2.19. The van der Waals surface area contributed by atoms with E-state index in [1.165, 1.54) is 38.5 Å². The first-order valence-corrected chi connectivity index (χ1v) is 9.63. The fraction of sp³-hybridized carbons (Fsp3) is 0.636. The van der Waals surface area contributed by atoms with Crippen LogP contribution in [0.5, 0.6) is 5.75 Å². The van der Waals surface area contributed by atoms with Gasteiger partial charge in [0, 0.05) is 5.56 Å². The van der Waals surface area contributed by atoms with E-state index in [9.17, 15) is 5.11 Å². The van der Waals surface area contributed by atoms with Crippen LogP contribution in [0.1, 0.15) is 70.8 Å². The second-order valence-corrected chi connectivity index (χ2v) is 7.07. The van der Waals surface area contributed by atoms with E-state index in [-0.39, 0.29) is 0 Å². The SMILES string of the molecule is CCCOc1ccc(C#CC(O)CC2CCC(CCC)CC2)cc1. The average molecular weight is 328 g/mol. The molecule has 1 fully saturated rings. The van der Waals surface area contributed by atoms with Crippen molar-refractivity contribution in [2.24, 2.45) is 11.8 Å². The summed E-state index contributed by atoms with van der Waals surface area (Å²) in [6, 6.07) is 7.81. The highest BCUT2D eigenvalue weighted by Gasteiger charge is 2.22. The third kappa shape index (κ3) is 6.57. The molecule has 1 aromatic rings. The molecule has 24 heavy (non-hydrogen) atoms.